The Morgan fingerprint density at radius 3 is 2.05 bits per heavy atom. The first kappa shape index (κ1) is 19.1. The normalized spacial score (nSPS) is 12.4. The van der Waals surface area contributed by atoms with E-state index < -0.39 is 8.32 Å². The van der Waals surface area contributed by atoms with Crippen LogP contribution in [0.5, 0.6) is 0 Å². The van der Waals surface area contributed by atoms with Crippen molar-refractivity contribution in [2.75, 3.05) is 6.61 Å². The van der Waals surface area contributed by atoms with E-state index in [1.165, 1.54) is 5.56 Å². The lowest BCUT2D eigenvalue weighted by Crippen LogP contribution is -2.48. The molecule has 0 heterocycles. The summed E-state index contributed by atoms with van der Waals surface area (Å²) in [5.41, 5.74) is 4.21. The Morgan fingerprint density at radius 2 is 1.55 bits per heavy atom. The Kier molecular flexibility index (Phi) is 7.50. The molecule has 0 aliphatic heterocycles. The highest BCUT2D eigenvalue weighted by molar-refractivity contribution is 6.77. The molecular weight excluding hydrogens is 288 g/mol. The van der Waals surface area contributed by atoms with Crippen LogP contribution >= 0.6 is 0 Å². The van der Waals surface area contributed by atoms with Gasteiger partial charge in [0.1, 0.15) is 6.29 Å². The van der Waals surface area contributed by atoms with Gasteiger partial charge in [0.25, 0.3) is 0 Å². The van der Waals surface area contributed by atoms with Gasteiger partial charge in [0.2, 0.25) is 0 Å². The quantitative estimate of drug-likeness (QED) is 0.464. The van der Waals surface area contributed by atoms with Crippen LogP contribution in [0, 0.1) is 0 Å². The van der Waals surface area contributed by atoms with E-state index in [9.17, 15) is 4.79 Å². The van der Waals surface area contributed by atoms with E-state index in [-0.39, 0.29) is 0 Å². The highest BCUT2D eigenvalue weighted by Crippen LogP contribution is 2.42. The number of rotatable bonds is 9. The van der Waals surface area contributed by atoms with Gasteiger partial charge in [-0.25, -0.2) is 0 Å². The van der Waals surface area contributed by atoms with Gasteiger partial charge in [-0.3, -0.25) is 0 Å². The van der Waals surface area contributed by atoms with Crippen molar-refractivity contribution in [3.63, 3.8) is 0 Å². The molecular formula is C19H32O2Si. The minimum atomic E-state index is -1.77. The van der Waals surface area contributed by atoms with Gasteiger partial charge in [-0.1, -0.05) is 65.8 Å². The van der Waals surface area contributed by atoms with Crippen molar-refractivity contribution < 1.29 is 9.22 Å². The maximum absolute atomic E-state index is 10.6. The molecule has 22 heavy (non-hydrogen) atoms. The van der Waals surface area contributed by atoms with Crippen molar-refractivity contribution in [1.82, 2.24) is 0 Å². The standard InChI is InChI=1S/C19H32O2Si/c1-15(2)22(16(3)4,17(5)6)21-13-11-19-9-7-8-18(14-19)10-12-20/h7-9,12,14-17H,10-11,13H2,1-6H3. The Hall–Kier alpha value is -0.933. The number of carbonyl (C=O) groups excluding carboxylic acids is 1. The van der Waals surface area contributed by atoms with Gasteiger partial charge in [0.15, 0.2) is 8.32 Å². The Bertz CT molecular complexity index is 444. The summed E-state index contributed by atoms with van der Waals surface area (Å²) in [5, 5.41) is 0. The molecule has 0 aliphatic rings. The van der Waals surface area contributed by atoms with Crippen LogP contribution in [0.2, 0.25) is 16.6 Å². The molecule has 3 heteroatoms. The molecule has 0 aliphatic carbocycles. The number of aldehydes is 1. The summed E-state index contributed by atoms with van der Waals surface area (Å²) in [6.07, 6.45) is 2.38. The lowest BCUT2D eigenvalue weighted by atomic mass is 10.1. The molecule has 0 N–H and O–H groups in total. The van der Waals surface area contributed by atoms with Gasteiger partial charge < -0.3 is 9.22 Å². The molecule has 0 spiro atoms. The maximum atomic E-state index is 10.6. The minimum Gasteiger partial charge on any atom is -0.416 e. The summed E-state index contributed by atoms with van der Waals surface area (Å²) in [5.74, 6) is 0. The number of benzene rings is 1. The molecule has 0 unspecified atom stereocenters. The molecule has 0 bridgehead atoms. The predicted octanol–water partition coefficient (Wildman–Crippen LogP) is 5.16. The summed E-state index contributed by atoms with van der Waals surface area (Å²) in [6.45, 7) is 14.7. The van der Waals surface area contributed by atoms with Gasteiger partial charge in [-0.05, 0) is 34.2 Å². The van der Waals surface area contributed by atoms with Crippen LogP contribution in [0.1, 0.15) is 52.7 Å². The minimum absolute atomic E-state index is 0.497. The van der Waals surface area contributed by atoms with Crippen LogP contribution in [0.3, 0.4) is 0 Å². The van der Waals surface area contributed by atoms with E-state index >= 15 is 0 Å². The monoisotopic (exact) mass is 320 g/mol. The molecule has 0 saturated heterocycles. The largest absolute Gasteiger partial charge is 0.416 e. The number of carbonyl (C=O) groups is 1. The third-order valence-electron chi connectivity index (χ3n) is 4.76. The fourth-order valence-electron chi connectivity index (χ4n) is 3.85. The van der Waals surface area contributed by atoms with Crippen molar-refractivity contribution in [2.24, 2.45) is 0 Å². The van der Waals surface area contributed by atoms with Crippen molar-refractivity contribution in [3.8, 4) is 0 Å². The zero-order valence-electron chi connectivity index (χ0n) is 15.1. The van der Waals surface area contributed by atoms with Crippen LogP contribution < -0.4 is 0 Å². The van der Waals surface area contributed by atoms with Crippen LogP contribution in [-0.2, 0) is 22.1 Å². The molecule has 1 rings (SSSR count). The summed E-state index contributed by atoms with van der Waals surface area (Å²) < 4.78 is 6.59. The molecule has 0 atom stereocenters. The van der Waals surface area contributed by atoms with Crippen molar-refractivity contribution in [1.29, 1.82) is 0 Å². The third kappa shape index (κ3) is 4.53. The number of hydrogen-bond donors (Lipinski definition) is 0. The zero-order valence-corrected chi connectivity index (χ0v) is 16.1. The summed E-state index contributed by atoms with van der Waals surface area (Å²) in [7, 11) is -1.77. The fourth-order valence-corrected chi connectivity index (χ4v) is 9.31. The van der Waals surface area contributed by atoms with Gasteiger partial charge in [-0.2, -0.15) is 0 Å². The second kappa shape index (κ2) is 8.63. The Balaban J connectivity index is 2.74. The second-order valence-electron chi connectivity index (χ2n) is 7.11. The molecule has 0 fully saturated rings. The average Bonchev–Trinajstić information content (AvgIpc) is 2.43. The third-order valence-corrected chi connectivity index (χ3v) is 10.9. The van der Waals surface area contributed by atoms with Gasteiger partial charge >= 0.3 is 0 Å². The van der Waals surface area contributed by atoms with Crippen LogP contribution in [0.15, 0.2) is 24.3 Å². The molecule has 1 aromatic rings. The highest BCUT2D eigenvalue weighted by Gasteiger charge is 2.44. The molecule has 1 aromatic carbocycles. The molecule has 0 radical (unpaired) electrons. The summed E-state index contributed by atoms with van der Waals surface area (Å²) in [6, 6.07) is 8.29. The predicted molar refractivity (Wildman–Crippen MR) is 96.9 cm³/mol. The SMILES string of the molecule is CC(C)[Si](OCCc1cccc(CC=O)c1)(C(C)C)C(C)C. The van der Waals surface area contributed by atoms with E-state index in [1.807, 2.05) is 12.1 Å². The van der Waals surface area contributed by atoms with E-state index in [0.717, 1.165) is 24.9 Å². The molecule has 2 nitrogen and oxygen atoms in total. The van der Waals surface area contributed by atoms with Crippen molar-refractivity contribution in [2.45, 2.75) is 71.0 Å². The van der Waals surface area contributed by atoms with E-state index in [1.54, 1.807) is 0 Å². The first-order valence-corrected chi connectivity index (χ1v) is 10.6. The van der Waals surface area contributed by atoms with Gasteiger partial charge in [0.05, 0.1) is 0 Å². The van der Waals surface area contributed by atoms with Crippen LogP contribution in [0.4, 0.5) is 0 Å². The van der Waals surface area contributed by atoms with Crippen LogP contribution in [-0.4, -0.2) is 21.2 Å². The molecule has 0 saturated carbocycles. The number of hydrogen-bond acceptors (Lipinski definition) is 2. The first-order valence-electron chi connectivity index (χ1n) is 8.50. The molecule has 124 valence electrons. The lowest BCUT2D eigenvalue weighted by Gasteiger charge is -2.42. The smallest absolute Gasteiger partial charge is 0.200 e. The van der Waals surface area contributed by atoms with Gasteiger partial charge in [-0.15, -0.1) is 0 Å². The topological polar surface area (TPSA) is 26.3 Å². The summed E-state index contributed by atoms with van der Waals surface area (Å²) >= 11 is 0. The average molecular weight is 321 g/mol. The zero-order chi connectivity index (χ0) is 16.8. The van der Waals surface area contributed by atoms with E-state index in [4.69, 9.17) is 4.43 Å². The molecule has 0 amide bonds. The first-order chi connectivity index (χ1) is 10.3. The Morgan fingerprint density at radius 1 is 1.00 bits per heavy atom. The van der Waals surface area contributed by atoms with Crippen molar-refractivity contribution in [3.05, 3.63) is 35.4 Å². The van der Waals surface area contributed by atoms with E-state index in [2.05, 4.69) is 53.7 Å². The van der Waals surface area contributed by atoms with E-state index in [0.29, 0.717) is 23.0 Å². The second-order valence-corrected chi connectivity index (χ2v) is 12.6. The van der Waals surface area contributed by atoms with Crippen LogP contribution in [0.25, 0.3) is 0 Å². The van der Waals surface area contributed by atoms with Crippen molar-refractivity contribution >= 4 is 14.6 Å². The lowest BCUT2D eigenvalue weighted by molar-refractivity contribution is -0.107. The summed E-state index contributed by atoms with van der Waals surface area (Å²) in [4.78, 5) is 10.6. The molecule has 0 aromatic heterocycles. The fraction of sp³-hybridized carbons (Fsp3) is 0.632. The maximum Gasteiger partial charge on any atom is 0.200 e. The highest BCUT2D eigenvalue weighted by atomic mass is 28.4. The Labute approximate surface area is 137 Å². The van der Waals surface area contributed by atoms with Gasteiger partial charge in [0, 0.05) is 13.0 Å².